The van der Waals surface area contributed by atoms with Gasteiger partial charge in [0.2, 0.25) is 0 Å². The van der Waals surface area contributed by atoms with Gasteiger partial charge in [0, 0.05) is 6.04 Å². The van der Waals surface area contributed by atoms with Gasteiger partial charge in [-0.1, -0.05) is 26.2 Å². The summed E-state index contributed by atoms with van der Waals surface area (Å²) in [5.41, 5.74) is 0. The molecule has 1 rings (SSSR count). The minimum Gasteiger partial charge on any atom is -0.465 e. The standard InChI is InChI=1S/C14H27NO3/c1-3-8-13(14(17)18-4-2)15-10-7-5-6-9-12(15)11-16/h12-13,16H,3-11H2,1-2H3. The Morgan fingerprint density at radius 2 is 2.17 bits per heavy atom. The van der Waals surface area contributed by atoms with Gasteiger partial charge in [0.25, 0.3) is 0 Å². The molecule has 0 aromatic heterocycles. The van der Waals surface area contributed by atoms with E-state index in [4.69, 9.17) is 4.74 Å². The van der Waals surface area contributed by atoms with Crippen molar-refractivity contribution in [1.82, 2.24) is 4.90 Å². The molecule has 1 aliphatic rings. The van der Waals surface area contributed by atoms with Crippen LogP contribution in [0.5, 0.6) is 0 Å². The summed E-state index contributed by atoms with van der Waals surface area (Å²) in [5.74, 6) is -0.125. The second-order valence-electron chi connectivity index (χ2n) is 4.98. The summed E-state index contributed by atoms with van der Waals surface area (Å²) in [6.45, 7) is 5.38. The third-order valence-electron chi connectivity index (χ3n) is 3.65. The van der Waals surface area contributed by atoms with Gasteiger partial charge in [0.1, 0.15) is 6.04 Å². The van der Waals surface area contributed by atoms with Crippen LogP contribution in [0.2, 0.25) is 0 Å². The summed E-state index contributed by atoms with van der Waals surface area (Å²) in [5, 5.41) is 9.52. The fourth-order valence-corrected chi connectivity index (χ4v) is 2.74. The molecule has 0 bridgehead atoms. The normalized spacial score (nSPS) is 23.4. The number of aliphatic hydroxyl groups excluding tert-OH is 1. The second kappa shape index (κ2) is 8.48. The third kappa shape index (κ3) is 4.25. The van der Waals surface area contributed by atoms with Gasteiger partial charge in [-0.25, -0.2) is 0 Å². The van der Waals surface area contributed by atoms with Crippen molar-refractivity contribution in [2.45, 2.75) is 64.5 Å². The number of carbonyl (C=O) groups excluding carboxylic acids is 1. The molecule has 1 saturated heterocycles. The minimum atomic E-state index is -0.176. The van der Waals surface area contributed by atoms with Crippen molar-refractivity contribution in [3.8, 4) is 0 Å². The Kier molecular flexibility index (Phi) is 7.28. The highest BCUT2D eigenvalue weighted by atomic mass is 16.5. The predicted molar refractivity (Wildman–Crippen MR) is 71.4 cm³/mol. The third-order valence-corrected chi connectivity index (χ3v) is 3.65. The lowest BCUT2D eigenvalue weighted by Crippen LogP contribution is -2.49. The zero-order valence-corrected chi connectivity index (χ0v) is 11.7. The number of hydrogen-bond donors (Lipinski definition) is 1. The van der Waals surface area contributed by atoms with Crippen LogP contribution in [-0.4, -0.2) is 47.8 Å². The molecule has 0 radical (unpaired) electrons. The zero-order valence-electron chi connectivity index (χ0n) is 11.7. The molecule has 4 heteroatoms. The molecule has 0 spiro atoms. The highest BCUT2D eigenvalue weighted by Crippen LogP contribution is 2.22. The van der Waals surface area contributed by atoms with Crippen molar-refractivity contribution in [2.75, 3.05) is 19.8 Å². The molecular formula is C14H27NO3. The largest absolute Gasteiger partial charge is 0.465 e. The Balaban J connectivity index is 2.75. The zero-order chi connectivity index (χ0) is 13.4. The molecule has 1 heterocycles. The van der Waals surface area contributed by atoms with Crippen LogP contribution in [-0.2, 0) is 9.53 Å². The van der Waals surface area contributed by atoms with Crippen molar-refractivity contribution in [3.63, 3.8) is 0 Å². The van der Waals surface area contributed by atoms with E-state index in [9.17, 15) is 9.90 Å². The number of ether oxygens (including phenoxy) is 1. The van der Waals surface area contributed by atoms with Crippen molar-refractivity contribution < 1.29 is 14.6 Å². The van der Waals surface area contributed by atoms with E-state index in [0.717, 1.165) is 38.6 Å². The highest BCUT2D eigenvalue weighted by Gasteiger charge is 2.32. The fourth-order valence-electron chi connectivity index (χ4n) is 2.74. The summed E-state index contributed by atoms with van der Waals surface area (Å²) in [6.07, 6.45) is 6.19. The van der Waals surface area contributed by atoms with E-state index >= 15 is 0 Å². The van der Waals surface area contributed by atoms with Gasteiger partial charge in [0.15, 0.2) is 0 Å². The summed E-state index contributed by atoms with van der Waals surface area (Å²) in [4.78, 5) is 14.2. The number of nitrogens with zero attached hydrogens (tertiary/aromatic N) is 1. The maximum atomic E-state index is 12.1. The Labute approximate surface area is 110 Å². The molecule has 0 aromatic carbocycles. The molecular weight excluding hydrogens is 230 g/mol. The summed E-state index contributed by atoms with van der Waals surface area (Å²) in [7, 11) is 0. The van der Waals surface area contributed by atoms with Crippen LogP contribution in [0.1, 0.15) is 52.4 Å². The van der Waals surface area contributed by atoms with Crippen LogP contribution in [0.15, 0.2) is 0 Å². The van der Waals surface area contributed by atoms with Gasteiger partial charge < -0.3 is 9.84 Å². The molecule has 18 heavy (non-hydrogen) atoms. The van der Waals surface area contributed by atoms with Crippen molar-refractivity contribution in [1.29, 1.82) is 0 Å². The summed E-state index contributed by atoms with van der Waals surface area (Å²) >= 11 is 0. The molecule has 0 aromatic rings. The first-order chi connectivity index (χ1) is 8.74. The number of aliphatic hydroxyl groups is 1. The molecule has 2 unspecified atom stereocenters. The molecule has 0 aliphatic carbocycles. The van der Waals surface area contributed by atoms with Gasteiger partial charge >= 0.3 is 5.97 Å². The maximum absolute atomic E-state index is 12.1. The molecule has 1 aliphatic heterocycles. The SMILES string of the molecule is CCCC(C(=O)OCC)N1CCCCCC1CO. The van der Waals surface area contributed by atoms with E-state index in [-0.39, 0.29) is 24.7 Å². The van der Waals surface area contributed by atoms with Gasteiger partial charge in [-0.2, -0.15) is 0 Å². The predicted octanol–water partition coefficient (Wildman–Crippen LogP) is 1.96. The van der Waals surface area contributed by atoms with Gasteiger partial charge in [0.05, 0.1) is 13.2 Å². The number of esters is 1. The average molecular weight is 257 g/mol. The fraction of sp³-hybridized carbons (Fsp3) is 0.929. The Morgan fingerprint density at radius 1 is 1.39 bits per heavy atom. The van der Waals surface area contributed by atoms with Crippen molar-refractivity contribution in [2.24, 2.45) is 0 Å². The van der Waals surface area contributed by atoms with Crippen molar-refractivity contribution >= 4 is 5.97 Å². The van der Waals surface area contributed by atoms with E-state index in [1.165, 1.54) is 6.42 Å². The monoisotopic (exact) mass is 257 g/mol. The Morgan fingerprint density at radius 3 is 2.78 bits per heavy atom. The number of hydrogen-bond acceptors (Lipinski definition) is 4. The topological polar surface area (TPSA) is 49.8 Å². The lowest BCUT2D eigenvalue weighted by molar-refractivity contribution is -0.151. The molecule has 0 amide bonds. The second-order valence-corrected chi connectivity index (χ2v) is 4.98. The van der Waals surface area contributed by atoms with Crippen LogP contribution in [0.3, 0.4) is 0 Å². The van der Waals surface area contributed by atoms with Crippen LogP contribution in [0, 0.1) is 0 Å². The maximum Gasteiger partial charge on any atom is 0.323 e. The molecule has 1 fully saturated rings. The first-order valence-electron chi connectivity index (χ1n) is 7.27. The molecule has 2 atom stereocenters. The van der Waals surface area contributed by atoms with Crippen LogP contribution < -0.4 is 0 Å². The first kappa shape index (κ1) is 15.4. The number of carbonyl (C=O) groups is 1. The van der Waals surface area contributed by atoms with Crippen molar-refractivity contribution in [3.05, 3.63) is 0 Å². The lowest BCUT2D eigenvalue weighted by Gasteiger charge is -2.34. The smallest absolute Gasteiger partial charge is 0.323 e. The average Bonchev–Trinajstić information content (AvgIpc) is 2.61. The highest BCUT2D eigenvalue weighted by molar-refractivity contribution is 5.75. The quantitative estimate of drug-likeness (QED) is 0.739. The molecule has 4 nitrogen and oxygen atoms in total. The van der Waals surface area contributed by atoms with E-state index in [1.54, 1.807) is 0 Å². The molecule has 1 N–H and O–H groups in total. The summed E-state index contributed by atoms with van der Waals surface area (Å²) in [6, 6.07) is -0.0568. The van der Waals surface area contributed by atoms with Gasteiger partial charge in [-0.3, -0.25) is 9.69 Å². The van der Waals surface area contributed by atoms with E-state index in [2.05, 4.69) is 11.8 Å². The number of rotatable bonds is 6. The minimum absolute atomic E-state index is 0.119. The van der Waals surface area contributed by atoms with Crippen LogP contribution in [0.4, 0.5) is 0 Å². The summed E-state index contributed by atoms with van der Waals surface area (Å²) < 4.78 is 5.18. The van der Waals surface area contributed by atoms with Crippen LogP contribution in [0.25, 0.3) is 0 Å². The van der Waals surface area contributed by atoms with E-state index < -0.39 is 0 Å². The number of likely N-dealkylation sites (tertiary alicyclic amines) is 1. The van der Waals surface area contributed by atoms with Gasteiger partial charge in [-0.05, 0) is 32.7 Å². The molecule has 106 valence electrons. The molecule has 0 saturated carbocycles. The van der Waals surface area contributed by atoms with E-state index in [1.807, 2.05) is 6.92 Å². The lowest BCUT2D eigenvalue weighted by atomic mass is 10.1. The van der Waals surface area contributed by atoms with Crippen LogP contribution >= 0.6 is 0 Å². The van der Waals surface area contributed by atoms with Gasteiger partial charge in [-0.15, -0.1) is 0 Å². The first-order valence-corrected chi connectivity index (χ1v) is 7.27. The Hall–Kier alpha value is -0.610. The Bertz CT molecular complexity index is 245. The van der Waals surface area contributed by atoms with E-state index in [0.29, 0.717) is 6.61 Å².